The zero-order valence-corrected chi connectivity index (χ0v) is 17.4. The second-order valence-corrected chi connectivity index (χ2v) is 9.91. The monoisotopic (exact) mass is 440 g/mol. The van der Waals surface area contributed by atoms with Gasteiger partial charge in [0.1, 0.15) is 11.5 Å². The van der Waals surface area contributed by atoms with Crippen LogP contribution < -0.4 is 4.80 Å². The van der Waals surface area contributed by atoms with Crippen LogP contribution in [0.3, 0.4) is 0 Å². The minimum Gasteiger partial charge on any atom is -0.342 e. The molecule has 1 aromatic heterocycles. The van der Waals surface area contributed by atoms with Gasteiger partial charge in [0, 0.05) is 32.3 Å². The number of benzene rings is 1. The number of fused-ring (bicyclic) bond motifs is 1. The molecule has 0 unspecified atom stereocenters. The fraction of sp³-hybridized carbons (Fsp3) is 0.471. The Labute approximate surface area is 170 Å². The summed E-state index contributed by atoms with van der Waals surface area (Å²) in [6.07, 6.45) is 2.71. The van der Waals surface area contributed by atoms with Crippen molar-refractivity contribution in [3.8, 4) is 0 Å². The number of likely N-dealkylation sites (tertiary alicyclic amines) is 1. The maximum absolute atomic E-state index is 12.3. The van der Waals surface area contributed by atoms with E-state index in [2.05, 4.69) is 4.99 Å². The van der Waals surface area contributed by atoms with Crippen molar-refractivity contribution < 1.29 is 22.9 Å². The van der Waals surface area contributed by atoms with Gasteiger partial charge in [0.05, 0.1) is 15.1 Å². The molecule has 3 rings (SSSR count). The van der Waals surface area contributed by atoms with E-state index in [1.165, 1.54) is 17.0 Å². The molecule has 1 aromatic carbocycles. The second-order valence-electron chi connectivity index (χ2n) is 6.83. The van der Waals surface area contributed by atoms with Crippen LogP contribution in [0.25, 0.3) is 10.2 Å². The highest BCUT2D eigenvalue weighted by atomic mass is 32.2. The first-order valence-corrected chi connectivity index (χ1v) is 11.6. The van der Waals surface area contributed by atoms with Crippen LogP contribution in [0, 0.1) is 10.1 Å². The molecule has 1 aliphatic rings. The molecule has 1 aliphatic heterocycles. The molecule has 12 heteroatoms. The summed E-state index contributed by atoms with van der Waals surface area (Å²) in [6.45, 7) is 1.08. The molecule has 1 saturated heterocycles. The lowest BCUT2D eigenvalue weighted by molar-refractivity contribution is -0.384. The van der Waals surface area contributed by atoms with Gasteiger partial charge in [0.25, 0.3) is 11.6 Å². The first-order chi connectivity index (χ1) is 13.7. The summed E-state index contributed by atoms with van der Waals surface area (Å²) in [5, 5.41) is 10.9. The van der Waals surface area contributed by atoms with Crippen LogP contribution >= 0.6 is 11.3 Å². The van der Waals surface area contributed by atoms with Crippen LogP contribution in [0.1, 0.15) is 19.3 Å². The van der Waals surface area contributed by atoms with Crippen LogP contribution in [0.4, 0.5) is 5.69 Å². The number of thiazole rings is 1. The molecule has 156 valence electrons. The third-order valence-corrected chi connectivity index (χ3v) is 7.09. The van der Waals surface area contributed by atoms with E-state index in [4.69, 9.17) is 0 Å². The highest BCUT2D eigenvalue weighted by Gasteiger charge is 2.25. The number of hydrogen-bond donors (Lipinski definition) is 0. The smallest absolute Gasteiger partial charge is 0.270 e. The SMILES string of the molecule is Cn1c(=NC(=O)CS(=O)(=O)CC(=O)N2CCCCC2)sc2cc([N+](=O)[O-])ccc21. The van der Waals surface area contributed by atoms with E-state index >= 15 is 0 Å². The average molecular weight is 441 g/mol. The third kappa shape index (κ3) is 5.07. The molecule has 0 saturated carbocycles. The van der Waals surface area contributed by atoms with Gasteiger partial charge >= 0.3 is 0 Å². The molecule has 2 aromatic rings. The molecule has 10 nitrogen and oxygen atoms in total. The number of amides is 2. The first kappa shape index (κ1) is 21.1. The van der Waals surface area contributed by atoms with Crippen LogP contribution in [0.5, 0.6) is 0 Å². The summed E-state index contributed by atoms with van der Waals surface area (Å²) < 4.78 is 26.6. The molecule has 2 heterocycles. The van der Waals surface area contributed by atoms with Gasteiger partial charge in [-0.05, 0) is 25.3 Å². The summed E-state index contributed by atoms with van der Waals surface area (Å²) in [6, 6.07) is 4.26. The number of nitro benzene ring substituents is 1. The van der Waals surface area contributed by atoms with Crippen LogP contribution in [-0.4, -0.2) is 59.2 Å². The number of hydrogen-bond acceptors (Lipinski definition) is 7. The number of nitro groups is 1. The quantitative estimate of drug-likeness (QED) is 0.503. The van der Waals surface area contributed by atoms with Crippen molar-refractivity contribution in [2.75, 3.05) is 24.6 Å². The van der Waals surface area contributed by atoms with Gasteiger partial charge in [-0.3, -0.25) is 19.7 Å². The van der Waals surface area contributed by atoms with Crippen molar-refractivity contribution in [1.29, 1.82) is 0 Å². The topological polar surface area (TPSA) is 132 Å². The summed E-state index contributed by atoms with van der Waals surface area (Å²) in [5.74, 6) is -2.94. The van der Waals surface area contributed by atoms with Crippen molar-refractivity contribution in [1.82, 2.24) is 9.47 Å². The van der Waals surface area contributed by atoms with Crippen molar-refractivity contribution in [2.45, 2.75) is 19.3 Å². The number of piperidine rings is 1. The Balaban J connectivity index is 1.76. The number of aromatic nitrogens is 1. The van der Waals surface area contributed by atoms with Crippen LogP contribution in [0.15, 0.2) is 23.2 Å². The van der Waals surface area contributed by atoms with E-state index < -0.39 is 38.1 Å². The van der Waals surface area contributed by atoms with Gasteiger partial charge < -0.3 is 9.47 Å². The first-order valence-electron chi connectivity index (χ1n) is 8.96. The Hall–Kier alpha value is -2.60. The average Bonchev–Trinajstić information content (AvgIpc) is 2.96. The lowest BCUT2D eigenvalue weighted by Gasteiger charge is -2.26. The van der Waals surface area contributed by atoms with E-state index in [1.807, 2.05) is 0 Å². The molecule has 0 bridgehead atoms. The van der Waals surface area contributed by atoms with Crippen molar-refractivity contribution in [3.05, 3.63) is 33.1 Å². The van der Waals surface area contributed by atoms with Crippen LogP contribution in [0.2, 0.25) is 0 Å². The van der Waals surface area contributed by atoms with E-state index in [-0.39, 0.29) is 10.5 Å². The molecular weight excluding hydrogens is 420 g/mol. The van der Waals surface area contributed by atoms with Crippen molar-refractivity contribution in [3.63, 3.8) is 0 Å². The Morgan fingerprint density at radius 2 is 1.90 bits per heavy atom. The van der Waals surface area contributed by atoms with E-state index in [0.29, 0.717) is 23.3 Å². The number of aryl methyl sites for hydroxylation is 1. The molecule has 0 spiro atoms. The van der Waals surface area contributed by atoms with Gasteiger partial charge in [0.2, 0.25) is 5.91 Å². The number of nitrogens with zero attached hydrogens (tertiary/aromatic N) is 4. The number of non-ortho nitro benzene ring substituents is 1. The van der Waals surface area contributed by atoms with Gasteiger partial charge in [0.15, 0.2) is 14.6 Å². The molecule has 0 radical (unpaired) electrons. The largest absolute Gasteiger partial charge is 0.342 e. The van der Waals surface area contributed by atoms with E-state index in [9.17, 15) is 28.1 Å². The van der Waals surface area contributed by atoms with Crippen LogP contribution in [-0.2, 0) is 26.5 Å². The Bertz CT molecular complexity index is 1140. The molecule has 2 amide bonds. The van der Waals surface area contributed by atoms with Gasteiger partial charge in [-0.1, -0.05) is 11.3 Å². The number of carbonyl (C=O) groups excluding carboxylic acids is 2. The molecule has 0 atom stereocenters. The predicted molar refractivity (Wildman–Crippen MR) is 107 cm³/mol. The van der Waals surface area contributed by atoms with E-state index in [1.54, 1.807) is 17.7 Å². The second kappa shape index (κ2) is 8.41. The summed E-state index contributed by atoms with van der Waals surface area (Å²) in [5.41, 5.74) is 0.548. The summed E-state index contributed by atoms with van der Waals surface area (Å²) >= 11 is 1.05. The third-order valence-electron chi connectivity index (χ3n) is 4.62. The van der Waals surface area contributed by atoms with Crippen molar-refractivity contribution in [2.24, 2.45) is 12.0 Å². The van der Waals surface area contributed by atoms with E-state index in [0.717, 1.165) is 30.6 Å². The molecular formula is C17H20N4O6S2. The Morgan fingerprint density at radius 3 is 2.55 bits per heavy atom. The minimum atomic E-state index is -3.94. The minimum absolute atomic E-state index is 0.0870. The number of rotatable bonds is 5. The maximum Gasteiger partial charge on any atom is 0.270 e. The maximum atomic E-state index is 12.3. The summed E-state index contributed by atoms with van der Waals surface area (Å²) in [7, 11) is -2.31. The normalized spacial score (nSPS) is 15.6. The summed E-state index contributed by atoms with van der Waals surface area (Å²) in [4.78, 5) is 40.3. The molecule has 0 aliphatic carbocycles. The standard InChI is InChI=1S/C17H20N4O6S2/c1-19-13-6-5-12(21(24)25)9-14(13)28-17(19)18-15(22)10-29(26,27)11-16(23)20-7-3-2-4-8-20/h5-6,9H,2-4,7-8,10-11H2,1H3. The molecule has 29 heavy (non-hydrogen) atoms. The zero-order valence-electron chi connectivity index (χ0n) is 15.7. The van der Waals surface area contributed by atoms with Crippen molar-refractivity contribution >= 4 is 48.9 Å². The fourth-order valence-electron chi connectivity index (χ4n) is 3.14. The number of carbonyl (C=O) groups is 2. The zero-order chi connectivity index (χ0) is 21.2. The highest BCUT2D eigenvalue weighted by Crippen LogP contribution is 2.22. The van der Waals surface area contributed by atoms with Gasteiger partial charge in [-0.25, -0.2) is 8.42 Å². The van der Waals surface area contributed by atoms with Gasteiger partial charge in [-0.2, -0.15) is 4.99 Å². The molecule has 0 N–H and O–H groups in total. The predicted octanol–water partition coefficient (Wildman–Crippen LogP) is 1.00. The lowest BCUT2D eigenvalue weighted by atomic mass is 10.1. The number of sulfone groups is 1. The lowest BCUT2D eigenvalue weighted by Crippen LogP contribution is -2.40. The highest BCUT2D eigenvalue weighted by molar-refractivity contribution is 7.92. The Kier molecular flexibility index (Phi) is 6.13. The molecule has 1 fully saturated rings. The Morgan fingerprint density at radius 1 is 1.21 bits per heavy atom. The fourth-order valence-corrected chi connectivity index (χ4v) is 5.31. The van der Waals surface area contributed by atoms with Gasteiger partial charge in [-0.15, -0.1) is 0 Å².